The molecule has 1 aromatic heterocycles. The van der Waals surface area contributed by atoms with Crippen molar-refractivity contribution >= 4 is 5.91 Å². The molecule has 96 valence electrons. The molecule has 0 aromatic carbocycles. The van der Waals surface area contributed by atoms with Crippen LogP contribution in [-0.4, -0.2) is 23.9 Å². The lowest BCUT2D eigenvalue weighted by molar-refractivity contribution is -0.133. The fraction of sp³-hybridized carbons (Fsp3) is 0.615. The number of aryl methyl sites for hydroxylation is 1. The van der Waals surface area contributed by atoms with Crippen LogP contribution in [0.1, 0.15) is 31.8 Å². The first kappa shape index (κ1) is 13.8. The number of hydrogen-bond acceptors (Lipinski definition) is 3. The van der Waals surface area contributed by atoms with E-state index in [0.717, 1.165) is 17.9 Å². The van der Waals surface area contributed by atoms with Crippen LogP contribution in [0.25, 0.3) is 0 Å². The highest BCUT2D eigenvalue weighted by Crippen LogP contribution is 2.12. The maximum atomic E-state index is 12.0. The predicted molar refractivity (Wildman–Crippen MR) is 67.3 cm³/mol. The van der Waals surface area contributed by atoms with Crippen LogP contribution in [0.4, 0.5) is 0 Å². The Bertz CT molecular complexity index is 373. The number of carbonyl (C=O) groups is 1. The lowest BCUT2D eigenvalue weighted by atomic mass is 9.99. The first-order valence-electron chi connectivity index (χ1n) is 6.01. The summed E-state index contributed by atoms with van der Waals surface area (Å²) < 4.78 is 5.44. The second-order valence-corrected chi connectivity index (χ2v) is 4.62. The van der Waals surface area contributed by atoms with Crippen LogP contribution in [-0.2, 0) is 11.3 Å². The van der Waals surface area contributed by atoms with Gasteiger partial charge in [-0.25, -0.2) is 0 Å². The molecule has 0 bridgehead atoms. The van der Waals surface area contributed by atoms with Crippen molar-refractivity contribution < 1.29 is 9.21 Å². The summed E-state index contributed by atoms with van der Waals surface area (Å²) in [5.41, 5.74) is 5.91. The maximum Gasteiger partial charge on any atom is 0.239 e. The highest BCUT2D eigenvalue weighted by molar-refractivity contribution is 5.81. The molecule has 0 saturated heterocycles. The summed E-state index contributed by atoms with van der Waals surface area (Å²) in [6, 6.07) is 3.34. The molecule has 0 spiro atoms. The zero-order valence-electron chi connectivity index (χ0n) is 11.1. The molecule has 0 saturated carbocycles. The minimum absolute atomic E-state index is 0.0339. The van der Waals surface area contributed by atoms with Gasteiger partial charge in [-0.3, -0.25) is 4.79 Å². The number of likely N-dealkylation sites (N-methyl/N-ethyl adjacent to an activating group) is 1. The average molecular weight is 238 g/mol. The molecule has 0 aliphatic heterocycles. The van der Waals surface area contributed by atoms with E-state index >= 15 is 0 Å². The lowest BCUT2D eigenvalue weighted by Crippen LogP contribution is -2.45. The Morgan fingerprint density at radius 3 is 2.65 bits per heavy atom. The molecule has 1 heterocycles. The van der Waals surface area contributed by atoms with Gasteiger partial charge in [-0.2, -0.15) is 0 Å². The van der Waals surface area contributed by atoms with Crippen molar-refractivity contribution in [3.63, 3.8) is 0 Å². The van der Waals surface area contributed by atoms with Gasteiger partial charge in [-0.15, -0.1) is 0 Å². The Hall–Kier alpha value is -1.29. The van der Waals surface area contributed by atoms with Crippen LogP contribution < -0.4 is 5.73 Å². The number of hydrogen-bond donors (Lipinski definition) is 1. The third-order valence-corrected chi connectivity index (χ3v) is 3.11. The first-order chi connectivity index (χ1) is 7.95. The largest absolute Gasteiger partial charge is 0.464 e. The molecule has 17 heavy (non-hydrogen) atoms. The van der Waals surface area contributed by atoms with Gasteiger partial charge in [-0.1, -0.05) is 20.3 Å². The fourth-order valence-electron chi connectivity index (χ4n) is 1.63. The molecule has 0 radical (unpaired) electrons. The van der Waals surface area contributed by atoms with Gasteiger partial charge in [-0.05, 0) is 25.0 Å². The summed E-state index contributed by atoms with van der Waals surface area (Å²) in [7, 11) is 1.75. The molecule has 0 aliphatic carbocycles. The highest BCUT2D eigenvalue weighted by atomic mass is 16.3. The molecule has 0 fully saturated rings. The topological polar surface area (TPSA) is 59.5 Å². The molecular weight excluding hydrogens is 216 g/mol. The lowest BCUT2D eigenvalue weighted by Gasteiger charge is -2.23. The maximum absolute atomic E-state index is 12.0. The number of furan rings is 1. The second kappa shape index (κ2) is 5.87. The number of carbonyl (C=O) groups excluding carboxylic acids is 1. The van der Waals surface area contributed by atoms with Crippen molar-refractivity contribution in [3.05, 3.63) is 23.7 Å². The van der Waals surface area contributed by atoms with Crippen molar-refractivity contribution in [2.45, 2.75) is 39.8 Å². The summed E-state index contributed by atoms with van der Waals surface area (Å²) in [5.74, 6) is 1.80. The predicted octanol–water partition coefficient (Wildman–Crippen LogP) is 1.92. The molecule has 1 aromatic rings. The van der Waals surface area contributed by atoms with E-state index < -0.39 is 6.04 Å². The van der Waals surface area contributed by atoms with Crippen molar-refractivity contribution in [1.82, 2.24) is 4.90 Å². The van der Waals surface area contributed by atoms with Gasteiger partial charge in [0.25, 0.3) is 0 Å². The molecule has 2 N–H and O–H groups in total. The van der Waals surface area contributed by atoms with Crippen molar-refractivity contribution in [2.24, 2.45) is 11.7 Å². The van der Waals surface area contributed by atoms with Crippen LogP contribution in [0.3, 0.4) is 0 Å². The van der Waals surface area contributed by atoms with Crippen molar-refractivity contribution in [1.29, 1.82) is 0 Å². The normalized spacial score (nSPS) is 14.4. The van der Waals surface area contributed by atoms with Crippen molar-refractivity contribution in [2.75, 3.05) is 7.05 Å². The summed E-state index contributed by atoms with van der Waals surface area (Å²) in [4.78, 5) is 13.6. The van der Waals surface area contributed by atoms with Gasteiger partial charge < -0.3 is 15.1 Å². The Kier molecular flexibility index (Phi) is 4.75. The zero-order valence-corrected chi connectivity index (χ0v) is 11.1. The van der Waals surface area contributed by atoms with Gasteiger partial charge in [0, 0.05) is 7.05 Å². The number of rotatable bonds is 5. The van der Waals surface area contributed by atoms with Gasteiger partial charge in [0.15, 0.2) is 0 Å². The Balaban J connectivity index is 2.58. The smallest absolute Gasteiger partial charge is 0.239 e. The summed E-state index contributed by atoms with van der Waals surface area (Å²) >= 11 is 0. The summed E-state index contributed by atoms with van der Waals surface area (Å²) in [6.45, 7) is 6.38. The monoisotopic (exact) mass is 238 g/mol. The molecule has 4 heteroatoms. The van der Waals surface area contributed by atoms with E-state index in [2.05, 4.69) is 0 Å². The van der Waals surface area contributed by atoms with Gasteiger partial charge in [0.05, 0.1) is 12.6 Å². The summed E-state index contributed by atoms with van der Waals surface area (Å²) in [5, 5.41) is 0. The Morgan fingerprint density at radius 1 is 1.53 bits per heavy atom. The first-order valence-corrected chi connectivity index (χ1v) is 6.01. The highest BCUT2D eigenvalue weighted by Gasteiger charge is 2.23. The number of nitrogens with zero attached hydrogens (tertiary/aromatic N) is 1. The number of nitrogens with two attached hydrogens (primary N) is 1. The molecule has 1 unspecified atom stereocenters. The van der Waals surface area contributed by atoms with E-state index in [9.17, 15) is 4.79 Å². The molecular formula is C13H22N2O2. The van der Waals surface area contributed by atoms with E-state index in [1.807, 2.05) is 32.9 Å². The van der Waals surface area contributed by atoms with Crippen LogP contribution in [0.15, 0.2) is 16.5 Å². The molecule has 0 aliphatic rings. The fourth-order valence-corrected chi connectivity index (χ4v) is 1.63. The SMILES string of the molecule is CCC(C)[C@H](N)C(=O)N(C)Cc1ccc(C)o1. The van der Waals surface area contributed by atoms with Gasteiger partial charge in [0.2, 0.25) is 5.91 Å². The van der Waals surface area contributed by atoms with E-state index in [0.29, 0.717) is 6.54 Å². The van der Waals surface area contributed by atoms with E-state index in [4.69, 9.17) is 10.2 Å². The van der Waals surface area contributed by atoms with Gasteiger partial charge >= 0.3 is 0 Å². The molecule has 1 rings (SSSR count). The minimum Gasteiger partial charge on any atom is -0.464 e. The van der Waals surface area contributed by atoms with Crippen LogP contribution in [0, 0.1) is 12.8 Å². The average Bonchev–Trinajstić information content (AvgIpc) is 2.71. The van der Waals surface area contributed by atoms with Crippen LogP contribution in [0.2, 0.25) is 0 Å². The van der Waals surface area contributed by atoms with E-state index in [1.54, 1.807) is 11.9 Å². The Morgan fingerprint density at radius 2 is 2.18 bits per heavy atom. The zero-order chi connectivity index (χ0) is 13.0. The molecule has 4 nitrogen and oxygen atoms in total. The molecule has 2 atom stereocenters. The molecule has 1 amide bonds. The minimum atomic E-state index is -0.430. The number of amides is 1. The third kappa shape index (κ3) is 3.60. The van der Waals surface area contributed by atoms with E-state index in [1.165, 1.54) is 0 Å². The van der Waals surface area contributed by atoms with Crippen LogP contribution >= 0.6 is 0 Å². The standard InChI is InChI=1S/C13H22N2O2/c1-5-9(2)12(14)13(16)15(4)8-11-7-6-10(3)17-11/h6-7,9,12H,5,8,14H2,1-4H3/t9?,12-/m0/s1. The summed E-state index contributed by atoms with van der Waals surface area (Å²) in [6.07, 6.45) is 0.903. The second-order valence-electron chi connectivity index (χ2n) is 4.62. The Labute approximate surface area is 103 Å². The van der Waals surface area contributed by atoms with Crippen LogP contribution in [0.5, 0.6) is 0 Å². The van der Waals surface area contributed by atoms with Crippen molar-refractivity contribution in [3.8, 4) is 0 Å². The third-order valence-electron chi connectivity index (χ3n) is 3.11. The van der Waals surface area contributed by atoms with E-state index in [-0.39, 0.29) is 11.8 Å². The quantitative estimate of drug-likeness (QED) is 0.852. The van der Waals surface area contributed by atoms with Gasteiger partial charge in [0.1, 0.15) is 11.5 Å².